The number of carbonyl (C=O) groups is 3. The molecule has 2 aliphatic rings. The predicted molar refractivity (Wildman–Crippen MR) is 101 cm³/mol. The first-order chi connectivity index (χ1) is 13.0. The van der Waals surface area contributed by atoms with Crippen molar-refractivity contribution in [3.05, 3.63) is 35.9 Å². The average Bonchev–Trinajstić information content (AvgIpc) is 2.69. The van der Waals surface area contributed by atoms with Crippen molar-refractivity contribution in [2.45, 2.75) is 57.4 Å². The molecule has 1 saturated carbocycles. The average molecular weight is 372 g/mol. The van der Waals surface area contributed by atoms with Gasteiger partial charge >= 0.3 is 5.97 Å². The highest BCUT2D eigenvalue weighted by atomic mass is 16.4. The Labute approximate surface area is 159 Å². The molecule has 3 rings (SSSR count). The molecule has 6 nitrogen and oxygen atoms in total. The van der Waals surface area contributed by atoms with Crippen LogP contribution in [0.5, 0.6) is 0 Å². The number of hydrogen-bond donors (Lipinski definition) is 2. The number of rotatable bonds is 6. The van der Waals surface area contributed by atoms with Gasteiger partial charge in [-0.3, -0.25) is 14.4 Å². The van der Waals surface area contributed by atoms with Crippen LogP contribution < -0.4 is 5.32 Å². The van der Waals surface area contributed by atoms with Crippen LogP contribution in [0.1, 0.15) is 63.0 Å². The van der Waals surface area contributed by atoms with Gasteiger partial charge in [0.2, 0.25) is 11.8 Å². The molecule has 1 saturated heterocycles. The molecule has 0 spiro atoms. The van der Waals surface area contributed by atoms with E-state index in [1.54, 1.807) is 4.90 Å². The summed E-state index contributed by atoms with van der Waals surface area (Å²) >= 11 is 0. The molecule has 146 valence electrons. The number of carboxylic acid groups (broad SMARTS) is 1. The maximum atomic E-state index is 13.1. The fraction of sp³-hybridized carbons (Fsp3) is 0.571. The van der Waals surface area contributed by atoms with E-state index < -0.39 is 17.4 Å². The fourth-order valence-corrected chi connectivity index (χ4v) is 4.26. The predicted octanol–water partition coefficient (Wildman–Crippen LogP) is 2.89. The normalized spacial score (nSPS) is 20.7. The number of likely N-dealkylation sites (tertiary alicyclic amines) is 1. The lowest BCUT2D eigenvalue weighted by molar-refractivity contribution is -0.151. The number of benzene rings is 1. The van der Waals surface area contributed by atoms with Gasteiger partial charge in [-0.1, -0.05) is 49.6 Å². The number of piperidine rings is 1. The summed E-state index contributed by atoms with van der Waals surface area (Å²) in [7, 11) is 0. The molecule has 1 aliphatic heterocycles. The van der Waals surface area contributed by atoms with Gasteiger partial charge in [-0.2, -0.15) is 0 Å². The van der Waals surface area contributed by atoms with Gasteiger partial charge in [0.05, 0.1) is 5.41 Å². The Balaban J connectivity index is 1.78. The highest BCUT2D eigenvalue weighted by Crippen LogP contribution is 2.36. The molecular formula is C21H28N2O4. The zero-order valence-electron chi connectivity index (χ0n) is 15.7. The molecular weight excluding hydrogens is 344 g/mol. The zero-order valence-corrected chi connectivity index (χ0v) is 15.7. The number of amides is 2. The molecule has 6 heteroatoms. The lowest BCUT2D eigenvalue weighted by atomic mass is 9.74. The summed E-state index contributed by atoms with van der Waals surface area (Å²) in [5.41, 5.74) is -0.126. The van der Waals surface area contributed by atoms with Crippen molar-refractivity contribution in [2.75, 3.05) is 13.1 Å². The van der Waals surface area contributed by atoms with E-state index in [1.807, 2.05) is 30.3 Å². The van der Waals surface area contributed by atoms with Crippen LogP contribution in [0, 0.1) is 5.41 Å². The first-order valence-corrected chi connectivity index (χ1v) is 9.89. The Kier molecular flexibility index (Phi) is 6.14. The Morgan fingerprint density at radius 1 is 1.07 bits per heavy atom. The summed E-state index contributed by atoms with van der Waals surface area (Å²) in [4.78, 5) is 39.0. The Morgan fingerprint density at radius 3 is 2.41 bits per heavy atom. The van der Waals surface area contributed by atoms with Crippen molar-refractivity contribution in [1.29, 1.82) is 0 Å². The Bertz CT molecular complexity index is 683. The SMILES string of the molecule is O=C(NCC1(C(=O)O)CCCCC1)C(c1ccccc1)N1CCCCC1=O. The van der Waals surface area contributed by atoms with Crippen LogP contribution in [0.3, 0.4) is 0 Å². The van der Waals surface area contributed by atoms with Gasteiger partial charge < -0.3 is 15.3 Å². The highest BCUT2D eigenvalue weighted by molar-refractivity contribution is 5.89. The summed E-state index contributed by atoms with van der Waals surface area (Å²) in [6.07, 6.45) is 6.13. The van der Waals surface area contributed by atoms with Crippen LogP contribution in [0.2, 0.25) is 0 Å². The minimum absolute atomic E-state index is 0.0177. The molecule has 2 amide bonds. The van der Waals surface area contributed by atoms with Gasteiger partial charge in [0, 0.05) is 19.5 Å². The van der Waals surface area contributed by atoms with Crippen LogP contribution in [-0.2, 0) is 14.4 Å². The quantitative estimate of drug-likeness (QED) is 0.804. The summed E-state index contributed by atoms with van der Waals surface area (Å²) in [5, 5.41) is 12.6. The molecule has 0 aromatic heterocycles. The van der Waals surface area contributed by atoms with Gasteiger partial charge in [-0.05, 0) is 31.2 Å². The second-order valence-corrected chi connectivity index (χ2v) is 7.72. The second-order valence-electron chi connectivity index (χ2n) is 7.72. The Morgan fingerprint density at radius 2 is 1.78 bits per heavy atom. The third-order valence-electron chi connectivity index (χ3n) is 5.90. The third kappa shape index (κ3) is 4.31. The maximum absolute atomic E-state index is 13.1. The number of nitrogens with one attached hydrogen (secondary N) is 1. The van der Waals surface area contributed by atoms with E-state index in [9.17, 15) is 19.5 Å². The molecule has 1 heterocycles. The minimum Gasteiger partial charge on any atom is -0.481 e. The number of carbonyl (C=O) groups excluding carboxylic acids is 2. The molecule has 1 aromatic rings. The van der Waals surface area contributed by atoms with Gasteiger partial charge in [0.15, 0.2) is 0 Å². The largest absolute Gasteiger partial charge is 0.481 e. The van der Waals surface area contributed by atoms with Gasteiger partial charge in [-0.25, -0.2) is 0 Å². The second kappa shape index (κ2) is 8.55. The Hall–Kier alpha value is -2.37. The molecule has 1 aromatic carbocycles. The van der Waals surface area contributed by atoms with Crippen molar-refractivity contribution in [3.8, 4) is 0 Å². The molecule has 1 atom stereocenters. The van der Waals surface area contributed by atoms with Gasteiger partial charge in [-0.15, -0.1) is 0 Å². The van der Waals surface area contributed by atoms with E-state index in [0.29, 0.717) is 25.8 Å². The smallest absolute Gasteiger partial charge is 0.311 e. The van der Waals surface area contributed by atoms with Crippen molar-refractivity contribution < 1.29 is 19.5 Å². The molecule has 2 fully saturated rings. The summed E-state index contributed by atoms with van der Waals surface area (Å²) in [5.74, 6) is -1.15. The number of nitrogens with zero attached hydrogens (tertiary/aromatic N) is 1. The lowest BCUT2D eigenvalue weighted by Gasteiger charge is -2.36. The molecule has 0 radical (unpaired) electrons. The standard InChI is InChI=1S/C21H28N2O4/c24-17-11-5-8-14-23(17)18(16-9-3-1-4-10-16)19(25)22-15-21(20(26)27)12-6-2-7-13-21/h1,3-4,9-10,18H,2,5-8,11-15H2,(H,22,25)(H,26,27). The molecule has 1 unspecified atom stereocenters. The van der Waals surface area contributed by atoms with Crippen molar-refractivity contribution >= 4 is 17.8 Å². The lowest BCUT2D eigenvalue weighted by Crippen LogP contribution is -2.49. The van der Waals surface area contributed by atoms with Crippen LogP contribution >= 0.6 is 0 Å². The topological polar surface area (TPSA) is 86.7 Å². The fourth-order valence-electron chi connectivity index (χ4n) is 4.26. The van der Waals surface area contributed by atoms with Crippen molar-refractivity contribution in [1.82, 2.24) is 10.2 Å². The van der Waals surface area contributed by atoms with Crippen LogP contribution in [-0.4, -0.2) is 40.9 Å². The molecule has 0 bridgehead atoms. The van der Waals surface area contributed by atoms with Crippen molar-refractivity contribution in [2.24, 2.45) is 5.41 Å². The van der Waals surface area contributed by atoms with E-state index in [2.05, 4.69) is 5.32 Å². The third-order valence-corrected chi connectivity index (χ3v) is 5.90. The first-order valence-electron chi connectivity index (χ1n) is 9.89. The van der Waals surface area contributed by atoms with Crippen LogP contribution in [0.15, 0.2) is 30.3 Å². The zero-order chi connectivity index (χ0) is 19.3. The van der Waals surface area contributed by atoms with E-state index in [0.717, 1.165) is 37.7 Å². The maximum Gasteiger partial charge on any atom is 0.311 e. The number of hydrogen-bond acceptors (Lipinski definition) is 3. The summed E-state index contributed by atoms with van der Waals surface area (Å²) in [6.45, 7) is 0.669. The monoisotopic (exact) mass is 372 g/mol. The highest BCUT2D eigenvalue weighted by Gasteiger charge is 2.41. The van der Waals surface area contributed by atoms with E-state index in [4.69, 9.17) is 0 Å². The minimum atomic E-state index is -0.888. The van der Waals surface area contributed by atoms with Gasteiger partial charge in [0.25, 0.3) is 0 Å². The molecule has 27 heavy (non-hydrogen) atoms. The van der Waals surface area contributed by atoms with E-state index in [-0.39, 0.29) is 18.4 Å². The number of aliphatic carboxylic acids is 1. The molecule has 2 N–H and O–H groups in total. The summed E-state index contributed by atoms with van der Waals surface area (Å²) < 4.78 is 0. The first kappa shape index (κ1) is 19.4. The van der Waals surface area contributed by atoms with E-state index in [1.165, 1.54) is 0 Å². The van der Waals surface area contributed by atoms with Crippen LogP contribution in [0.25, 0.3) is 0 Å². The summed E-state index contributed by atoms with van der Waals surface area (Å²) in [6, 6.07) is 8.57. The van der Waals surface area contributed by atoms with Gasteiger partial charge in [0.1, 0.15) is 6.04 Å². The van der Waals surface area contributed by atoms with Crippen molar-refractivity contribution in [3.63, 3.8) is 0 Å². The van der Waals surface area contributed by atoms with E-state index >= 15 is 0 Å². The molecule has 1 aliphatic carbocycles. The van der Waals surface area contributed by atoms with Crippen LogP contribution in [0.4, 0.5) is 0 Å². The number of carboxylic acids is 1.